The molecule has 2 aromatic rings. The normalized spacial score (nSPS) is 11.2. The Morgan fingerprint density at radius 3 is 2.20 bits per heavy atom. The minimum Gasteiger partial charge on any atom is -0.494 e. The van der Waals surface area contributed by atoms with Gasteiger partial charge in [0.2, 0.25) is 0 Å². The second kappa shape index (κ2) is 16.1. The van der Waals surface area contributed by atoms with Crippen molar-refractivity contribution in [1.82, 2.24) is 5.32 Å². The number of hydrogen-bond acceptors (Lipinski definition) is 6. The SMILES string of the molecule is CCCCCCCCN(C(=O)C(F)(F)F)c1ccc(C(=O)N(O)c2cc(C(=O)NCCSC)ccc2OC)cc1. The molecule has 0 aliphatic heterocycles. The van der Waals surface area contributed by atoms with E-state index in [2.05, 4.69) is 12.2 Å². The van der Waals surface area contributed by atoms with Crippen LogP contribution in [0, 0.1) is 0 Å². The first kappa shape index (κ1) is 33.0. The van der Waals surface area contributed by atoms with Crippen molar-refractivity contribution in [2.75, 3.05) is 42.2 Å². The molecule has 0 aromatic heterocycles. The molecule has 12 heteroatoms. The lowest BCUT2D eigenvalue weighted by atomic mass is 10.1. The molecule has 40 heavy (non-hydrogen) atoms. The molecule has 0 saturated heterocycles. The van der Waals surface area contributed by atoms with Gasteiger partial charge in [0.1, 0.15) is 11.4 Å². The highest BCUT2D eigenvalue weighted by atomic mass is 32.2. The lowest BCUT2D eigenvalue weighted by Gasteiger charge is -2.24. The molecule has 0 spiro atoms. The number of unbranched alkanes of at least 4 members (excludes halogenated alkanes) is 5. The van der Waals surface area contributed by atoms with Crippen molar-refractivity contribution in [2.24, 2.45) is 0 Å². The number of rotatable bonds is 15. The highest BCUT2D eigenvalue weighted by molar-refractivity contribution is 7.98. The van der Waals surface area contributed by atoms with E-state index in [1.165, 1.54) is 49.6 Å². The quantitative estimate of drug-likeness (QED) is 0.150. The van der Waals surface area contributed by atoms with Crippen molar-refractivity contribution in [1.29, 1.82) is 0 Å². The van der Waals surface area contributed by atoms with Crippen LogP contribution in [0.15, 0.2) is 42.5 Å². The molecule has 2 rings (SSSR count). The van der Waals surface area contributed by atoms with Gasteiger partial charge in [0.15, 0.2) is 0 Å². The van der Waals surface area contributed by atoms with E-state index < -0.39 is 23.9 Å². The number of alkyl halides is 3. The molecule has 0 atom stereocenters. The van der Waals surface area contributed by atoms with Gasteiger partial charge in [-0.05, 0) is 55.1 Å². The van der Waals surface area contributed by atoms with Gasteiger partial charge >= 0.3 is 12.1 Å². The number of methoxy groups -OCH3 is 1. The van der Waals surface area contributed by atoms with Crippen LogP contribution in [-0.4, -0.2) is 61.3 Å². The number of anilines is 2. The van der Waals surface area contributed by atoms with E-state index >= 15 is 0 Å². The number of thioether (sulfide) groups is 1. The van der Waals surface area contributed by atoms with Gasteiger partial charge in [0.25, 0.3) is 11.8 Å². The third kappa shape index (κ3) is 9.44. The zero-order chi connectivity index (χ0) is 29.7. The van der Waals surface area contributed by atoms with Crippen molar-refractivity contribution in [3.63, 3.8) is 0 Å². The summed E-state index contributed by atoms with van der Waals surface area (Å²) >= 11 is 1.56. The van der Waals surface area contributed by atoms with E-state index in [0.717, 1.165) is 25.7 Å². The number of hydroxylamine groups is 1. The number of carbonyl (C=O) groups is 3. The molecule has 0 fully saturated rings. The van der Waals surface area contributed by atoms with Crippen molar-refractivity contribution >= 4 is 40.9 Å². The first-order chi connectivity index (χ1) is 19.0. The number of nitrogens with zero attached hydrogens (tertiary/aromatic N) is 2. The largest absolute Gasteiger partial charge is 0.494 e. The highest BCUT2D eigenvalue weighted by Gasteiger charge is 2.42. The third-order valence-electron chi connectivity index (χ3n) is 6.10. The van der Waals surface area contributed by atoms with E-state index in [9.17, 15) is 32.8 Å². The lowest BCUT2D eigenvalue weighted by Crippen LogP contribution is -2.41. The number of amides is 3. The first-order valence-electron chi connectivity index (χ1n) is 13.0. The Bertz CT molecular complexity index is 1130. The van der Waals surface area contributed by atoms with Crippen LogP contribution in [0.3, 0.4) is 0 Å². The van der Waals surface area contributed by atoms with Gasteiger partial charge in [0, 0.05) is 35.7 Å². The van der Waals surface area contributed by atoms with Crippen molar-refractivity contribution in [3.05, 3.63) is 53.6 Å². The van der Waals surface area contributed by atoms with Crippen LogP contribution < -0.4 is 20.0 Å². The zero-order valence-electron chi connectivity index (χ0n) is 22.9. The lowest BCUT2D eigenvalue weighted by molar-refractivity contribution is -0.170. The fourth-order valence-electron chi connectivity index (χ4n) is 3.93. The maximum absolute atomic E-state index is 13.3. The fourth-order valence-corrected chi connectivity index (χ4v) is 4.24. The second-order valence-electron chi connectivity index (χ2n) is 9.02. The summed E-state index contributed by atoms with van der Waals surface area (Å²) in [6, 6.07) is 9.13. The van der Waals surface area contributed by atoms with Crippen LogP contribution in [0.1, 0.15) is 66.2 Å². The predicted octanol–water partition coefficient (Wildman–Crippen LogP) is 6.08. The average molecular weight is 584 g/mol. The van der Waals surface area contributed by atoms with Crippen molar-refractivity contribution < 1.29 is 37.5 Å². The monoisotopic (exact) mass is 583 g/mol. The third-order valence-corrected chi connectivity index (χ3v) is 6.71. The van der Waals surface area contributed by atoms with Crippen LogP contribution in [-0.2, 0) is 4.79 Å². The summed E-state index contributed by atoms with van der Waals surface area (Å²) in [5.41, 5.74) is 0.0293. The van der Waals surface area contributed by atoms with Crippen molar-refractivity contribution in [2.45, 2.75) is 51.6 Å². The summed E-state index contributed by atoms with van der Waals surface area (Å²) in [6.07, 6.45) is 1.87. The summed E-state index contributed by atoms with van der Waals surface area (Å²) in [4.78, 5) is 38.3. The van der Waals surface area contributed by atoms with E-state index in [1.54, 1.807) is 11.8 Å². The van der Waals surface area contributed by atoms with Crippen LogP contribution in [0.25, 0.3) is 0 Å². The summed E-state index contributed by atoms with van der Waals surface area (Å²) in [5.74, 6) is -2.46. The number of ether oxygens (including phenoxy) is 1. The Balaban J connectivity index is 2.22. The Morgan fingerprint density at radius 2 is 1.60 bits per heavy atom. The van der Waals surface area contributed by atoms with Crippen LogP contribution in [0.5, 0.6) is 5.75 Å². The second-order valence-corrected chi connectivity index (χ2v) is 10.0. The number of nitrogens with one attached hydrogen (secondary N) is 1. The molecule has 0 unspecified atom stereocenters. The van der Waals surface area contributed by atoms with Crippen molar-refractivity contribution in [3.8, 4) is 5.75 Å². The number of hydrogen-bond donors (Lipinski definition) is 2. The smallest absolute Gasteiger partial charge is 0.471 e. The Kier molecular flexibility index (Phi) is 13.3. The molecule has 2 N–H and O–H groups in total. The number of halogens is 3. The summed E-state index contributed by atoms with van der Waals surface area (Å²) in [6.45, 7) is 2.38. The molecule has 0 aliphatic rings. The molecule has 0 heterocycles. The predicted molar refractivity (Wildman–Crippen MR) is 151 cm³/mol. The molecule has 0 radical (unpaired) electrons. The maximum atomic E-state index is 13.3. The standard InChI is InChI=1S/C28H36F3N3O5S/c1-4-5-6-7-8-9-17-33(27(37)28(29,30)31)22-13-10-20(11-14-22)26(36)34(38)23-19-21(12-15-24(23)39-2)25(35)32-16-18-40-3/h10-15,19,38H,4-9,16-18H2,1-3H3,(H,32,35). The minimum atomic E-state index is -5.05. The van der Waals surface area contributed by atoms with Gasteiger partial charge in [-0.1, -0.05) is 39.0 Å². The van der Waals surface area contributed by atoms with E-state index in [0.29, 0.717) is 35.1 Å². The summed E-state index contributed by atoms with van der Waals surface area (Å²) < 4.78 is 45.1. The van der Waals surface area contributed by atoms with Gasteiger partial charge in [0.05, 0.1) is 7.11 Å². The maximum Gasteiger partial charge on any atom is 0.471 e. The summed E-state index contributed by atoms with van der Waals surface area (Å²) in [7, 11) is 1.33. The first-order valence-corrected chi connectivity index (χ1v) is 14.4. The summed E-state index contributed by atoms with van der Waals surface area (Å²) in [5, 5.41) is 13.7. The molecule has 2 aromatic carbocycles. The van der Waals surface area contributed by atoms with E-state index in [-0.39, 0.29) is 34.8 Å². The minimum absolute atomic E-state index is 0.0154. The van der Waals surface area contributed by atoms with Crippen LogP contribution >= 0.6 is 11.8 Å². The van der Waals surface area contributed by atoms with Gasteiger partial charge < -0.3 is 15.0 Å². The van der Waals surface area contributed by atoms with Gasteiger partial charge in [-0.15, -0.1) is 0 Å². The Hall–Kier alpha value is -3.25. The Labute approximate surface area is 236 Å². The molecule has 220 valence electrons. The average Bonchev–Trinajstić information content (AvgIpc) is 2.95. The van der Waals surface area contributed by atoms with E-state index in [1.807, 2.05) is 6.26 Å². The molecular weight excluding hydrogens is 547 g/mol. The van der Waals surface area contributed by atoms with Crippen LogP contribution in [0.2, 0.25) is 0 Å². The van der Waals surface area contributed by atoms with Gasteiger partial charge in [-0.3, -0.25) is 19.6 Å². The van der Waals surface area contributed by atoms with E-state index in [4.69, 9.17) is 4.74 Å². The number of benzene rings is 2. The van der Waals surface area contributed by atoms with Gasteiger partial charge in [-0.25, -0.2) is 0 Å². The fraction of sp³-hybridized carbons (Fsp3) is 0.464. The molecular formula is C28H36F3N3O5S. The molecule has 0 bridgehead atoms. The van der Waals surface area contributed by atoms with Gasteiger partial charge in [-0.2, -0.15) is 30.0 Å². The highest BCUT2D eigenvalue weighted by Crippen LogP contribution is 2.30. The molecule has 3 amide bonds. The molecule has 0 saturated carbocycles. The number of carbonyl (C=O) groups excluding carboxylic acids is 3. The topological polar surface area (TPSA) is 99.2 Å². The Morgan fingerprint density at radius 1 is 0.975 bits per heavy atom. The van der Waals surface area contributed by atoms with Crippen LogP contribution in [0.4, 0.5) is 24.5 Å². The molecule has 8 nitrogen and oxygen atoms in total. The zero-order valence-corrected chi connectivity index (χ0v) is 23.7. The molecule has 0 aliphatic carbocycles.